The molecule has 0 aliphatic heterocycles. The summed E-state index contributed by atoms with van der Waals surface area (Å²) < 4.78 is 0. The van der Waals surface area contributed by atoms with Crippen molar-refractivity contribution in [3.8, 4) is 0 Å². The predicted molar refractivity (Wildman–Crippen MR) is 93.4 cm³/mol. The zero-order chi connectivity index (χ0) is 15.0. The molecule has 2 aromatic carbocycles. The maximum atomic E-state index is 3.50. The Labute approximate surface area is 130 Å². The normalized spacial score (nSPS) is 12.8. The molecule has 1 aromatic heterocycles. The van der Waals surface area contributed by atoms with E-state index in [4.69, 9.17) is 0 Å². The molecular formula is C19H21NS. The molecule has 0 bridgehead atoms. The Bertz CT molecular complexity index is 766. The van der Waals surface area contributed by atoms with E-state index in [0.717, 1.165) is 0 Å². The predicted octanol–water partition coefficient (Wildman–Crippen LogP) is 5.14. The quantitative estimate of drug-likeness (QED) is 0.706. The van der Waals surface area contributed by atoms with Crippen LogP contribution in [-0.2, 0) is 0 Å². The third-order valence-corrected chi connectivity index (χ3v) is 5.46. The summed E-state index contributed by atoms with van der Waals surface area (Å²) in [6, 6.07) is 15.8. The van der Waals surface area contributed by atoms with Crippen LogP contribution in [0, 0.1) is 20.8 Å². The van der Waals surface area contributed by atoms with E-state index in [1.54, 1.807) is 0 Å². The van der Waals surface area contributed by atoms with Gasteiger partial charge in [-0.05, 0) is 61.3 Å². The molecule has 21 heavy (non-hydrogen) atoms. The van der Waals surface area contributed by atoms with Crippen LogP contribution in [0.3, 0.4) is 0 Å². The van der Waals surface area contributed by atoms with Crippen molar-refractivity contribution in [2.24, 2.45) is 0 Å². The Hall–Kier alpha value is -1.64. The van der Waals surface area contributed by atoms with Crippen LogP contribution in [0.25, 0.3) is 10.8 Å². The molecule has 1 N–H and O–H groups in total. The average molecular weight is 295 g/mol. The second kappa shape index (κ2) is 5.63. The van der Waals surface area contributed by atoms with Crippen LogP contribution in [-0.4, -0.2) is 7.05 Å². The lowest BCUT2D eigenvalue weighted by atomic mass is 9.95. The minimum atomic E-state index is 0.257. The van der Waals surface area contributed by atoms with Crippen LogP contribution in [0.1, 0.15) is 32.5 Å². The zero-order valence-electron chi connectivity index (χ0n) is 13.0. The monoisotopic (exact) mass is 295 g/mol. The van der Waals surface area contributed by atoms with Crippen LogP contribution < -0.4 is 5.32 Å². The molecule has 0 saturated carbocycles. The second-order valence-electron chi connectivity index (χ2n) is 5.63. The molecule has 108 valence electrons. The molecule has 0 amide bonds. The average Bonchev–Trinajstić information content (AvgIpc) is 2.82. The highest BCUT2D eigenvalue weighted by atomic mass is 32.1. The highest BCUT2D eigenvalue weighted by molar-refractivity contribution is 7.12. The van der Waals surface area contributed by atoms with E-state index in [2.05, 4.69) is 68.6 Å². The first-order valence-corrected chi connectivity index (χ1v) is 8.16. The Kier molecular flexibility index (Phi) is 3.83. The highest BCUT2D eigenvalue weighted by Crippen LogP contribution is 2.34. The van der Waals surface area contributed by atoms with Crippen molar-refractivity contribution >= 4 is 22.1 Å². The third kappa shape index (κ3) is 2.50. The van der Waals surface area contributed by atoms with E-state index < -0.39 is 0 Å². The van der Waals surface area contributed by atoms with Gasteiger partial charge in [0.2, 0.25) is 0 Å². The van der Waals surface area contributed by atoms with Gasteiger partial charge in [-0.15, -0.1) is 11.3 Å². The fourth-order valence-electron chi connectivity index (χ4n) is 2.92. The van der Waals surface area contributed by atoms with Crippen molar-refractivity contribution in [2.75, 3.05) is 7.05 Å². The Balaban J connectivity index is 2.20. The number of thiophene rings is 1. The topological polar surface area (TPSA) is 12.0 Å². The SMILES string of the molecule is CNC(c1cc(C)c(C)s1)c1ccc(C)c2ccccc12. The van der Waals surface area contributed by atoms with Gasteiger partial charge in [-0.25, -0.2) is 0 Å². The molecule has 0 saturated heterocycles. The molecule has 0 radical (unpaired) electrons. The fourth-order valence-corrected chi connectivity index (χ4v) is 4.09. The van der Waals surface area contributed by atoms with Gasteiger partial charge in [0.15, 0.2) is 0 Å². The number of nitrogens with one attached hydrogen (secondary N) is 1. The first-order valence-electron chi connectivity index (χ1n) is 7.34. The Morgan fingerprint density at radius 1 is 0.905 bits per heavy atom. The van der Waals surface area contributed by atoms with Crippen LogP contribution in [0.4, 0.5) is 0 Å². The molecule has 0 fully saturated rings. The number of rotatable bonds is 3. The molecule has 1 heterocycles. The molecule has 1 unspecified atom stereocenters. The second-order valence-corrected chi connectivity index (χ2v) is 6.91. The number of fused-ring (bicyclic) bond motifs is 1. The van der Waals surface area contributed by atoms with Crippen LogP contribution in [0.15, 0.2) is 42.5 Å². The van der Waals surface area contributed by atoms with E-state index in [-0.39, 0.29) is 6.04 Å². The third-order valence-electron chi connectivity index (χ3n) is 4.25. The minimum Gasteiger partial charge on any atom is -0.309 e. The van der Waals surface area contributed by atoms with E-state index in [1.165, 1.54) is 37.2 Å². The number of benzene rings is 2. The zero-order valence-corrected chi connectivity index (χ0v) is 13.8. The molecule has 3 aromatic rings. The van der Waals surface area contributed by atoms with Crippen molar-refractivity contribution < 1.29 is 0 Å². The fraction of sp³-hybridized carbons (Fsp3) is 0.263. The van der Waals surface area contributed by atoms with Crippen molar-refractivity contribution in [2.45, 2.75) is 26.8 Å². The molecule has 3 rings (SSSR count). The number of hydrogen-bond donors (Lipinski definition) is 1. The van der Waals surface area contributed by atoms with Crippen molar-refractivity contribution in [3.05, 3.63) is 68.9 Å². The van der Waals surface area contributed by atoms with Crippen LogP contribution >= 0.6 is 11.3 Å². The summed E-state index contributed by atoms with van der Waals surface area (Å²) in [5.41, 5.74) is 4.08. The van der Waals surface area contributed by atoms with Crippen molar-refractivity contribution in [1.82, 2.24) is 5.32 Å². The standard InChI is InChI=1S/C19H21NS/c1-12-9-10-17(16-8-6-5-7-15(12)16)19(20-4)18-11-13(2)14(3)21-18/h5-11,19-20H,1-4H3. The van der Waals surface area contributed by atoms with Gasteiger partial charge in [-0.1, -0.05) is 36.4 Å². The molecule has 0 aliphatic carbocycles. The first kappa shape index (κ1) is 14.3. The molecule has 1 nitrogen and oxygen atoms in total. The molecular weight excluding hydrogens is 274 g/mol. The number of hydrogen-bond acceptors (Lipinski definition) is 2. The maximum Gasteiger partial charge on any atom is 0.0674 e. The summed E-state index contributed by atoms with van der Waals surface area (Å²) in [5, 5.41) is 6.19. The summed E-state index contributed by atoms with van der Waals surface area (Å²) in [6.07, 6.45) is 0. The summed E-state index contributed by atoms with van der Waals surface area (Å²) in [7, 11) is 2.05. The lowest BCUT2D eigenvalue weighted by Gasteiger charge is -2.18. The van der Waals surface area contributed by atoms with Crippen molar-refractivity contribution in [3.63, 3.8) is 0 Å². The summed E-state index contributed by atoms with van der Waals surface area (Å²) >= 11 is 1.89. The highest BCUT2D eigenvalue weighted by Gasteiger charge is 2.18. The summed E-state index contributed by atoms with van der Waals surface area (Å²) in [5.74, 6) is 0. The van der Waals surface area contributed by atoms with Gasteiger partial charge in [0.25, 0.3) is 0 Å². The van der Waals surface area contributed by atoms with Gasteiger partial charge in [0, 0.05) is 9.75 Å². The van der Waals surface area contributed by atoms with Crippen LogP contribution in [0.5, 0.6) is 0 Å². The van der Waals surface area contributed by atoms with Gasteiger partial charge >= 0.3 is 0 Å². The summed E-state index contributed by atoms with van der Waals surface area (Å²) in [6.45, 7) is 6.57. The van der Waals surface area contributed by atoms with E-state index in [0.29, 0.717) is 0 Å². The van der Waals surface area contributed by atoms with Gasteiger partial charge in [0.1, 0.15) is 0 Å². The van der Waals surface area contributed by atoms with Gasteiger partial charge < -0.3 is 5.32 Å². The van der Waals surface area contributed by atoms with Crippen LogP contribution in [0.2, 0.25) is 0 Å². The molecule has 0 spiro atoms. The first-order chi connectivity index (χ1) is 10.1. The van der Waals surface area contributed by atoms with Crippen molar-refractivity contribution in [1.29, 1.82) is 0 Å². The maximum absolute atomic E-state index is 3.50. The lowest BCUT2D eigenvalue weighted by molar-refractivity contribution is 0.708. The van der Waals surface area contributed by atoms with Gasteiger partial charge in [0.05, 0.1) is 6.04 Å². The van der Waals surface area contributed by atoms with Gasteiger partial charge in [-0.3, -0.25) is 0 Å². The molecule has 0 aliphatic rings. The smallest absolute Gasteiger partial charge is 0.0674 e. The Morgan fingerprint density at radius 3 is 2.24 bits per heavy atom. The van der Waals surface area contributed by atoms with E-state index in [9.17, 15) is 0 Å². The van der Waals surface area contributed by atoms with Gasteiger partial charge in [-0.2, -0.15) is 0 Å². The van der Waals surface area contributed by atoms with E-state index >= 15 is 0 Å². The lowest BCUT2D eigenvalue weighted by Crippen LogP contribution is -2.16. The summed E-state index contributed by atoms with van der Waals surface area (Å²) in [4.78, 5) is 2.79. The Morgan fingerprint density at radius 2 is 1.62 bits per heavy atom. The van der Waals surface area contributed by atoms with E-state index in [1.807, 2.05) is 18.4 Å². The minimum absolute atomic E-state index is 0.257. The molecule has 1 atom stereocenters. The number of aryl methyl sites for hydroxylation is 3. The largest absolute Gasteiger partial charge is 0.309 e. The molecule has 2 heteroatoms.